The van der Waals surface area contributed by atoms with Crippen molar-refractivity contribution in [1.82, 2.24) is 0 Å². The molecule has 0 aliphatic heterocycles. The summed E-state index contributed by atoms with van der Waals surface area (Å²) in [5.41, 5.74) is 0. The summed E-state index contributed by atoms with van der Waals surface area (Å²) in [6, 6.07) is 0. The molecule has 0 amide bonds. The van der Waals surface area contributed by atoms with Gasteiger partial charge in [0.25, 0.3) is 20.2 Å². The molecule has 25 heavy (non-hydrogen) atoms. The van der Waals surface area contributed by atoms with E-state index in [1.807, 2.05) is 0 Å². The van der Waals surface area contributed by atoms with E-state index in [0.29, 0.717) is 0 Å². The second-order valence-corrected chi connectivity index (χ2v) is 7.06. The first-order valence-corrected chi connectivity index (χ1v) is 8.30. The summed E-state index contributed by atoms with van der Waals surface area (Å²) < 4.78 is 57.2. The minimum Gasteiger partial charge on any atom is -0.549 e. The van der Waals surface area contributed by atoms with E-state index >= 15 is 0 Å². The third kappa shape index (κ3) is 13.6. The number of hydrogen-bond acceptors (Lipinski definition) is 9. The van der Waals surface area contributed by atoms with Crippen LogP contribution in [0.3, 0.4) is 0 Å². The molecule has 0 saturated heterocycles. The number of carboxylic acid groups (broad SMARTS) is 4. The van der Waals surface area contributed by atoms with Crippen molar-refractivity contribution in [3.8, 4) is 0 Å². The van der Waals surface area contributed by atoms with Crippen molar-refractivity contribution < 1.29 is 95.1 Å². The Bertz CT molecular complexity index is 645. The second-order valence-electron chi connectivity index (χ2n) is 3.86. The van der Waals surface area contributed by atoms with Crippen LogP contribution in [0.5, 0.6) is 0 Å². The molecule has 0 heterocycles. The SMILES string of the molecule is O=C(O)CC(C(=O)O)S(=O)(=O)O.O=C(O)CC(C(=O)[O-])S(=O)(=O)O.[Na+]. The van der Waals surface area contributed by atoms with E-state index in [0.717, 1.165) is 0 Å². The van der Waals surface area contributed by atoms with Crippen molar-refractivity contribution in [2.45, 2.75) is 23.3 Å². The van der Waals surface area contributed by atoms with Crippen LogP contribution in [0.25, 0.3) is 0 Å². The summed E-state index contributed by atoms with van der Waals surface area (Å²) in [5.74, 6) is -7.29. The fourth-order valence-electron chi connectivity index (χ4n) is 0.947. The molecule has 140 valence electrons. The molecule has 14 nitrogen and oxygen atoms in total. The zero-order valence-electron chi connectivity index (χ0n) is 12.3. The average Bonchev–Trinajstić information content (AvgIpc) is 2.30. The Morgan fingerprint density at radius 3 is 1.12 bits per heavy atom. The molecular weight excluding hydrogens is 407 g/mol. The van der Waals surface area contributed by atoms with E-state index in [9.17, 15) is 41.1 Å². The number of carbonyl (C=O) groups is 4. The standard InChI is InChI=1S/2C4H6O7S.Na/c2*5-3(6)1-2(4(7)8)12(9,10)11;/h2*2H,1H2,(H,5,6)(H,7,8)(H,9,10,11);/q;;+1/p-1. The Hall–Kier alpha value is -1.30. The summed E-state index contributed by atoms with van der Waals surface area (Å²) in [4.78, 5) is 39.9. The number of aliphatic carboxylic acids is 4. The largest absolute Gasteiger partial charge is 1.00 e. The summed E-state index contributed by atoms with van der Waals surface area (Å²) in [6.45, 7) is 0. The first-order chi connectivity index (χ1) is 10.5. The van der Waals surface area contributed by atoms with Gasteiger partial charge in [-0.15, -0.1) is 0 Å². The van der Waals surface area contributed by atoms with Gasteiger partial charge in [-0.2, -0.15) is 16.8 Å². The van der Waals surface area contributed by atoms with Gasteiger partial charge in [0.1, 0.15) is 5.25 Å². The van der Waals surface area contributed by atoms with E-state index in [2.05, 4.69) is 0 Å². The smallest absolute Gasteiger partial charge is 0.549 e. The van der Waals surface area contributed by atoms with Gasteiger partial charge in [-0.25, -0.2) is 0 Å². The summed E-state index contributed by atoms with van der Waals surface area (Å²) >= 11 is 0. The third-order valence-electron chi connectivity index (χ3n) is 1.98. The van der Waals surface area contributed by atoms with Gasteiger partial charge >= 0.3 is 47.5 Å². The zero-order valence-corrected chi connectivity index (χ0v) is 15.9. The predicted octanol–water partition coefficient (Wildman–Crippen LogP) is -6.73. The van der Waals surface area contributed by atoms with E-state index in [4.69, 9.17) is 24.4 Å². The van der Waals surface area contributed by atoms with Crippen LogP contribution in [0.1, 0.15) is 12.8 Å². The first-order valence-electron chi connectivity index (χ1n) is 5.30. The first kappa shape index (κ1) is 28.5. The maximum Gasteiger partial charge on any atom is 1.00 e. The Labute approximate surface area is 162 Å². The molecule has 5 N–H and O–H groups in total. The van der Waals surface area contributed by atoms with Gasteiger partial charge in [-0.3, -0.25) is 23.5 Å². The number of carboxylic acids is 4. The minimum absolute atomic E-state index is 0. The van der Waals surface area contributed by atoms with Crippen LogP contribution in [-0.2, 0) is 39.4 Å². The molecule has 0 aromatic carbocycles. The van der Waals surface area contributed by atoms with E-state index in [1.54, 1.807) is 0 Å². The van der Waals surface area contributed by atoms with Gasteiger partial charge < -0.3 is 25.2 Å². The Morgan fingerprint density at radius 2 is 1.04 bits per heavy atom. The minimum atomic E-state index is -4.90. The monoisotopic (exact) mass is 418 g/mol. The number of hydrogen-bond donors (Lipinski definition) is 5. The zero-order chi connectivity index (χ0) is 19.9. The maximum absolute atomic E-state index is 10.2. The summed E-state index contributed by atoms with van der Waals surface area (Å²) in [6.07, 6.45) is -2.38. The quantitative estimate of drug-likeness (QED) is 0.181. The fourth-order valence-corrected chi connectivity index (χ4v) is 2.15. The Kier molecular flexibility index (Phi) is 12.9. The van der Waals surface area contributed by atoms with Crippen LogP contribution in [0, 0.1) is 0 Å². The van der Waals surface area contributed by atoms with E-state index in [1.165, 1.54) is 0 Å². The van der Waals surface area contributed by atoms with Crippen LogP contribution in [0.15, 0.2) is 0 Å². The summed E-state index contributed by atoms with van der Waals surface area (Å²) in [5, 5.41) is 29.5. The molecule has 0 rings (SSSR count). The molecule has 2 atom stereocenters. The molecular formula is C8H11NaO14S2. The van der Waals surface area contributed by atoms with Gasteiger partial charge in [0.2, 0.25) is 0 Å². The van der Waals surface area contributed by atoms with Crippen molar-refractivity contribution in [3.63, 3.8) is 0 Å². The van der Waals surface area contributed by atoms with Crippen molar-refractivity contribution >= 4 is 44.1 Å². The fraction of sp³-hybridized carbons (Fsp3) is 0.500. The van der Waals surface area contributed by atoms with Crippen molar-refractivity contribution in [2.75, 3.05) is 0 Å². The van der Waals surface area contributed by atoms with Crippen LogP contribution in [0.4, 0.5) is 0 Å². The average molecular weight is 418 g/mol. The molecule has 0 saturated carbocycles. The molecule has 0 aromatic rings. The third-order valence-corrected chi connectivity index (χ3v) is 4.14. The summed E-state index contributed by atoms with van der Waals surface area (Å²) in [7, 11) is -9.74. The number of carbonyl (C=O) groups excluding carboxylic acids is 1. The van der Waals surface area contributed by atoms with Gasteiger partial charge in [0, 0.05) is 0 Å². The van der Waals surface area contributed by atoms with Crippen molar-refractivity contribution in [3.05, 3.63) is 0 Å². The van der Waals surface area contributed by atoms with Crippen LogP contribution >= 0.6 is 0 Å². The Morgan fingerprint density at radius 1 is 0.760 bits per heavy atom. The van der Waals surface area contributed by atoms with E-state index in [-0.39, 0.29) is 29.6 Å². The second kappa shape index (κ2) is 11.3. The van der Waals surface area contributed by atoms with Crippen molar-refractivity contribution in [2.24, 2.45) is 0 Å². The topological polar surface area (TPSA) is 261 Å². The maximum atomic E-state index is 10.2. The normalized spacial score (nSPS) is 13.2. The van der Waals surface area contributed by atoms with Gasteiger partial charge in [-0.05, 0) is 0 Å². The van der Waals surface area contributed by atoms with Gasteiger partial charge in [0.15, 0.2) is 5.25 Å². The van der Waals surface area contributed by atoms with Crippen LogP contribution < -0.4 is 34.7 Å². The predicted molar refractivity (Wildman–Crippen MR) is 67.8 cm³/mol. The van der Waals surface area contributed by atoms with Crippen molar-refractivity contribution in [1.29, 1.82) is 0 Å². The molecule has 0 fully saturated rings. The number of rotatable bonds is 8. The molecule has 0 radical (unpaired) electrons. The molecule has 0 bridgehead atoms. The molecule has 0 aliphatic rings. The molecule has 0 aliphatic carbocycles. The van der Waals surface area contributed by atoms with Crippen LogP contribution in [-0.4, -0.2) is 75.6 Å². The van der Waals surface area contributed by atoms with Crippen LogP contribution in [0.2, 0.25) is 0 Å². The Balaban J connectivity index is -0.000000372. The molecule has 0 spiro atoms. The van der Waals surface area contributed by atoms with E-state index < -0.39 is 67.5 Å². The molecule has 2 unspecified atom stereocenters. The van der Waals surface area contributed by atoms with Gasteiger partial charge in [0.05, 0.1) is 18.8 Å². The molecule has 0 aromatic heterocycles. The molecule has 17 heteroatoms. The van der Waals surface area contributed by atoms with Gasteiger partial charge in [-0.1, -0.05) is 0 Å².